The average molecular weight is 609 g/mol. The molecule has 0 aliphatic carbocycles. The van der Waals surface area contributed by atoms with Crippen LogP contribution in [0.1, 0.15) is 232 Å². The second-order valence-electron chi connectivity index (χ2n) is 13.5. The van der Waals surface area contributed by atoms with Crippen molar-refractivity contribution in [1.29, 1.82) is 0 Å². The first-order chi connectivity index (χ1) is 21.1. The Morgan fingerprint density at radius 1 is 0.419 bits per heavy atom. The van der Waals surface area contributed by atoms with E-state index >= 15 is 0 Å². The first-order valence-electron chi connectivity index (χ1n) is 19.5. The number of esters is 1. The van der Waals surface area contributed by atoms with Gasteiger partial charge >= 0.3 is 11.9 Å². The Hall–Kier alpha value is -1.06. The first-order valence-corrected chi connectivity index (χ1v) is 19.5. The summed E-state index contributed by atoms with van der Waals surface area (Å²) in [6.07, 6.45) is 41.2. The van der Waals surface area contributed by atoms with Gasteiger partial charge in [0.2, 0.25) is 0 Å². The monoisotopic (exact) mass is 609 g/mol. The normalized spacial score (nSPS) is 12.0. The Morgan fingerprint density at radius 2 is 0.698 bits per heavy atom. The fourth-order valence-corrected chi connectivity index (χ4v) is 6.19. The van der Waals surface area contributed by atoms with Crippen LogP contribution in [0.5, 0.6) is 0 Å². The number of carboxylic acid groups (broad SMARTS) is 1. The van der Waals surface area contributed by atoms with Crippen LogP contribution in [0.2, 0.25) is 0 Å². The Labute approximate surface area is 269 Å². The number of aliphatic carboxylic acids is 1. The van der Waals surface area contributed by atoms with Gasteiger partial charge in [0.25, 0.3) is 0 Å². The van der Waals surface area contributed by atoms with Crippen molar-refractivity contribution in [3.05, 3.63) is 0 Å². The summed E-state index contributed by atoms with van der Waals surface area (Å²) >= 11 is 0. The van der Waals surface area contributed by atoms with Crippen molar-refractivity contribution in [2.24, 2.45) is 0 Å². The number of unbranched alkanes of at least 4 members (excludes halogenated alkanes) is 27. The topological polar surface area (TPSA) is 63.6 Å². The highest BCUT2D eigenvalue weighted by Gasteiger charge is 2.14. The maximum atomic E-state index is 12.7. The number of carbonyl (C=O) groups is 2. The third-order valence-corrected chi connectivity index (χ3v) is 9.08. The summed E-state index contributed by atoms with van der Waals surface area (Å²) in [7, 11) is 0. The maximum Gasteiger partial charge on any atom is 0.306 e. The third-order valence-electron chi connectivity index (χ3n) is 9.08. The molecule has 0 bridgehead atoms. The summed E-state index contributed by atoms with van der Waals surface area (Å²) in [5.74, 6) is -0.637. The van der Waals surface area contributed by atoms with E-state index in [0.29, 0.717) is 12.8 Å². The standard InChI is InChI=1S/C39H76O4/c1-3-5-7-9-11-13-14-15-20-24-28-32-36-39(42)43-37(33-29-25-21-17-12-10-8-6-4-2)34-30-26-22-18-16-19-23-27-31-35-38(40)41/h37H,3-36H2,1-2H3,(H,40,41). The van der Waals surface area contributed by atoms with Crippen LogP contribution in [-0.2, 0) is 14.3 Å². The largest absolute Gasteiger partial charge is 0.481 e. The molecular weight excluding hydrogens is 532 g/mol. The minimum atomic E-state index is -0.675. The van der Waals surface area contributed by atoms with Crippen LogP contribution < -0.4 is 0 Å². The Balaban J connectivity index is 4.03. The lowest BCUT2D eigenvalue weighted by Crippen LogP contribution is -2.18. The molecular formula is C39H76O4. The summed E-state index contributed by atoms with van der Waals surface area (Å²) in [5, 5.41) is 8.72. The number of ether oxygens (including phenoxy) is 1. The quantitative estimate of drug-likeness (QED) is 0.0567. The Bertz CT molecular complexity index is 576. The van der Waals surface area contributed by atoms with Crippen molar-refractivity contribution in [3.8, 4) is 0 Å². The SMILES string of the molecule is CCCCCCCCCCCCCCC(=O)OC(CCCCCCCCCCC)CCCCCCCCCCCC(=O)O. The van der Waals surface area contributed by atoms with Gasteiger partial charge in [0.15, 0.2) is 0 Å². The van der Waals surface area contributed by atoms with Gasteiger partial charge in [0, 0.05) is 12.8 Å². The predicted molar refractivity (Wildman–Crippen MR) is 186 cm³/mol. The number of rotatable bonds is 36. The van der Waals surface area contributed by atoms with E-state index in [1.165, 1.54) is 154 Å². The molecule has 0 aromatic rings. The smallest absolute Gasteiger partial charge is 0.306 e. The molecule has 0 amide bonds. The molecule has 4 heteroatoms. The second-order valence-corrected chi connectivity index (χ2v) is 13.5. The molecule has 0 saturated carbocycles. The summed E-state index contributed by atoms with van der Waals surface area (Å²) in [6.45, 7) is 4.55. The van der Waals surface area contributed by atoms with Crippen LogP contribution in [0.15, 0.2) is 0 Å². The van der Waals surface area contributed by atoms with Crippen molar-refractivity contribution in [2.45, 2.75) is 238 Å². The third kappa shape index (κ3) is 35.3. The van der Waals surface area contributed by atoms with Gasteiger partial charge in [0.05, 0.1) is 0 Å². The molecule has 256 valence electrons. The van der Waals surface area contributed by atoms with Crippen LogP contribution in [0.3, 0.4) is 0 Å². The van der Waals surface area contributed by atoms with Gasteiger partial charge in [0.1, 0.15) is 6.10 Å². The first kappa shape index (κ1) is 41.9. The molecule has 0 saturated heterocycles. The molecule has 4 nitrogen and oxygen atoms in total. The maximum absolute atomic E-state index is 12.7. The van der Waals surface area contributed by atoms with Crippen LogP contribution in [0, 0.1) is 0 Å². The lowest BCUT2D eigenvalue weighted by molar-refractivity contribution is -0.150. The molecule has 1 unspecified atom stereocenters. The minimum Gasteiger partial charge on any atom is -0.481 e. The summed E-state index contributed by atoms with van der Waals surface area (Å²) < 4.78 is 6.04. The summed E-state index contributed by atoms with van der Waals surface area (Å²) in [5.41, 5.74) is 0. The molecule has 0 aliphatic heterocycles. The number of carboxylic acids is 1. The molecule has 1 N–H and O–H groups in total. The van der Waals surface area contributed by atoms with Crippen molar-refractivity contribution >= 4 is 11.9 Å². The molecule has 0 rings (SSSR count). The highest BCUT2D eigenvalue weighted by Crippen LogP contribution is 2.19. The van der Waals surface area contributed by atoms with Gasteiger partial charge < -0.3 is 9.84 Å². The van der Waals surface area contributed by atoms with Gasteiger partial charge in [-0.1, -0.05) is 181 Å². The zero-order valence-corrected chi connectivity index (χ0v) is 29.3. The highest BCUT2D eigenvalue weighted by molar-refractivity contribution is 5.69. The van der Waals surface area contributed by atoms with Gasteiger partial charge in [-0.15, -0.1) is 0 Å². The lowest BCUT2D eigenvalue weighted by atomic mass is 10.0. The van der Waals surface area contributed by atoms with Crippen molar-refractivity contribution in [1.82, 2.24) is 0 Å². The number of hydrogen-bond acceptors (Lipinski definition) is 3. The minimum absolute atomic E-state index is 0.0379. The molecule has 0 aromatic carbocycles. The number of hydrogen-bond donors (Lipinski definition) is 1. The van der Waals surface area contributed by atoms with Crippen LogP contribution in [-0.4, -0.2) is 23.1 Å². The Morgan fingerprint density at radius 3 is 1.02 bits per heavy atom. The molecule has 0 heterocycles. The van der Waals surface area contributed by atoms with Crippen molar-refractivity contribution < 1.29 is 19.4 Å². The number of carbonyl (C=O) groups excluding carboxylic acids is 1. The lowest BCUT2D eigenvalue weighted by Gasteiger charge is -2.18. The fraction of sp³-hybridized carbons (Fsp3) is 0.949. The fourth-order valence-electron chi connectivity index (χ4n) is 6.19. The zero-order chi connectivity index (χ0) is 31.5. The van der Waals surface area contributed by atoms with E-state index in [1.54, 1.807) is 0 Å². The molecule has 0 spiro atoms. The van der Waals surface area contributed by atoms with Crippen LogP contribution in [0.4, 0.5) is 0 Å². The van der Waals surface area contributed by atoms with E-state index in [4.69, 9.17) is 9.84 Å². The molecule has 0 aromatic heterocycles. The summed E-state index contributed by atoms with van der Waals surface area (Å²) in [6, 6.07) is 0. The highest BCUT2D eigenvalue weighted by atomic mass is 16.5. The molecule has 1 atom stereocenters. The van der Waals surface area contributed by atoms with Crippen molar-refractivity contribution in [2.75, 3.05) is 0 Å². The van der Waals surface area contributed by atoms with E-state index in [-0.39, 0.29) is 12.1 Å². The van der Waals surface area contributed by atoms with Gasteiger partial charge in [-0.05, 0) is 38.5 Å². The van der Waals surface area contributed by atoms with E-state index in [1.807, 2.05) is 0 Å². The van der Waals surface area contributed by atoms with E-state index in [9.17, 15) is 9.59 Å². The van der Waals surface area contributed by atoms with Gasteiger partial charge in [-0.25, -0.2) is 0 Å². The average Bonchev–Trinajstić information content (AvgIpc) is 2.99. The summed E-state index contributed by atoms with van der Waals surface area (Å²) in [4.78, 5) is 23.3. The Kier molecular flexibility index (Phi) is 34.5. The molecule has 0 aliphatic rings. The van der Waals surface area contributed by atoms with Gasteiger partial charge in [-0.2, -0.15) is 0 Å². The van der Waals surface area contributed by atoms with Gasteiger partial charge in [-0.3, -0.25) is 9.59 Å². The predicted octanol–water partition coefficient (Wildman–Crippen LogP) is 13.3. The van der Waals surface area contributed by atoms with E-state index in [2.05, 4.69) is 13.8 Å². The van der Waals surface area contributed by atoms with Crippen molar-refractivity contribution in [3.63, 3.8) is 0 Å². The molecule has 0 radical (unpaired) electrons. The molecule has 0 fully saturated rings. The van der Waals surface area contributed by atoms with E-state index < -0.39 is 5.97 Å². The van der Waals surface area contributed by atoms with Crippen LogP contribution >= 0.6 is 0 Å². The molecule has 43 heavy (non-hydrogen) atoms. The zero-order valence-electron chi connectivity index (χ0n) is 29.3. The second kappa shape index (κ2) is 35.4. The van der Waals surface area contributed by atoms with Crippen LogP contribution in [0.25, 0.3) is 0 Å². The van der Waals surface area contributed by atoms with E-state index in [0.717, 1.165) is 51.4 Å².